The molecule has 1 aliphatic rings. The number of nitrogens with one attached hydrogen (secondary N) is 2. The minimum Gasteiger partial charge on any atom is -0.383 e. The molecule has 134 valence electrons. The SMILES string of the molecule is O=C(c1ccc(NCCc2c[nH]c3ccccc23)cn1)N1CCCCC1. The third-order valence-corrected chi connectivity index (χ3v) is 5.02. The lowest BCUT2D eigenvalue weighted by Crippen LogP contribution is -2.36. The Morgan fingerprint density at radius 2 is 1.96 bits per heavy atom. The van der Waals surface area contributed by atoms with E-state index in [1.54, 1.807) is 6.20 Å². The highest BCUT2D eigenvalue weighted by Gasteiger charge is 2.18. The van der Waals surface area contributed by atoms with Gasteiger partial charge < -0.3 is 15.2 Å². The van der Waals surface area contributed by atoms with Crippen LogP contribution in [-0.4, -0.2) is 40.4 Å². The molecule has 4 rings (SSSR count). The summed E-state index contributed by atoms with van der Waals surface area (Å²) >= 11 is 0. The highest BCUT2D eigenvalue weighted by molar-refractivity contribution is 5.92. The molecule has 26 heavy (non-hydrogen) atoms. The lowest BCUT2D eigenvalue weighted by Gasteiger charge is -2.26. The first-order chi connectivity index (χ1) is 12.8. The molecule has 0 unspecified atom stereocenters. The number of hydrogen-bond donors (Lipinski definition) is 2. The zero-order valence-electron chi connectivity index (χ0n) is 14.9. The molecule has 5 heteroatoms. The Kier molecular flexibility index (Phi) is 4.86. The lowest BCUT2D eigenvalue weighted by atomic mass is 10.1. The number of likely N-dealkylation sites (tertiary alicyclic amines) is 1. The van der Waals surface area contributed by atoms with Crippen LogP contribution < -0.4 is 5.32 Å². The molecule has 3 aromatic rings. The molecule has 3 heterocycles. The first kappa shape index (κ1) is 16.6. The summed E-state index contributed by atoms with van der Waals surface area (Å²) in [5.74, 6) is 0.0510. The van der Waals surface area contributed by atoms with Crippen molar-refractivity contribution in [2.45, 2.75) is 25.7 Å². The van der Waals surface area contributed by atoms with Gasteiger partial charge in [0.15, 0.2) is 0 Å². The fourth-order valence-corrected chi connectivity index (χ4v) is 3.56. The summed E-state index contributed by atoms with van der Waals surface area (Å²) in [6.07, 6.45) is 8.17. The van der Waals surface area contributed by atoms with Crippen LogP contribution in [0.3, 0.4) is 0 Å². The molecule has 2 aromatic heterocycles. The molecule has 1 fully saturated rings. The van der Waals surface area contributed by atoms with Gasteiger partial charge in [-0.05, 0) is 49.4 Å². The number of benzene rings is 1. The molecule has 0 radical (unpaired) electrons. The minimum atomic E-state index is 0.0510. The molecule has 0 atom stereocenters. The quantitative estimate of drug-likeness (QED) is 0.736. The summed E-state index contributed by atoms with van der Waals surface area (Å²) in [6.45, 7) is 2.53. The number of aromatic amines is 1. The maximum atomic E-state index is 12.4. The van der Waals surface area contributed by atoms with Gasteiger partial charge in [0, 0.05) is 36.7 Å². The number of pyridine rings is 1. The van der Waals surface area contributed by atoms with E-state index in [0.717, 1.165) is 44.6 Å². The van der Waals surface area contributed by atoms with Crippen molar-refractivity contribution >= 4 is 22.5 Å². The smallest absolute Gasteiger partial charge is 0.272 e. The van der Waals surface area contributed by atoms with E-state index in [4.69, 9.17) is 0 Å². The van der Waals surface area contributed by atoms with Crippen molar-refractivity contribution in [3.8, 4) is 0 Å². The second-order valence-electron chi connectivity index (χ2n) is 6.82. The van der Waals surface area contributed by atoms with Crippen LogP contribution >= 0.6 is 0 Å². The summed E-state index contributed by atoms with van der Waals surface area (Å²) in [6, 6.07) is 12.1. The first-order valence-electron chi connectivity index (χ1n) is 9.35. The van der Waals surface area contributed by atoms with Crippen molar-refractivity contribution < 1.29 is 4.79 Å². The maximum absolute atomic E-state index is 12.4. The van der Waals surface area contributed by atoms with E-state index in [-0.39, 0.29) is 5.91 Å². The number of carbonyl (C=O) groups is 1. The van der Waals surface area contributed by atoms with Gasteiger partial charge >= 0.3 is 0 Å². The Morgan fingerprint density at radius 1 is 1.12 bits per heavy atom. The highest BCUT2D eigenvalue weighted by Crippen LogP contribution is 2.18. The number of fused-ring (bicyclic) bond motifs is 1. The van der Waals surface area contributed by atoms with E-state index in [2.05, 4.69) is 39.7 Å². The predicted molar refractivity (Wildman–Crippen MR) is 104 cm³/mol. The van der Waals surface area contributed by atoms with Crippen LogP contribution in [0.25, 0.3) is 10.9 Å². The Morgan fingerprint density at radius 3 is 2.77 bits per heavy atom. The topological polar surface area (TPSA) is 61.0 Å². The number of para-hydroxylation sites is 1. The molecule has 1 saturated heterocycles. The lowest BCUT2D eigenvalue weighted by molar-refractivity contribution is 0.0718. The number of piperidine rings is 1. The molecule has 5 nitrogen and oxygen atoms in total. The molecule has 0 spiro atoms. The van der Waals surface area contributed by atoms with Crippen LogP contribution in [0.2, 0.25) is 0 Å². The molecule has 2 N–H and O–H groups in total. The van der Waals surface area contributed by atoms with Crippen molar-refractivity contribution in [3.63, 3.8) is 0 Å². The minimum absolute atomic E-state index is 0.0510. The maximum Gasteiger partial charge on any atom is 0.272 e. The molecule has 1 amide bonds. The normalized spacial score (nSPS) is 14.5. The first-order valence-corrected chi connectivity index (χ1v) is 9.35. The monoisotopic (exact) mass is 348 g/mol. The highest BCUT2D eigenvalue weighted by atomic mass is 16.2. The number of carbonyl (C=O) groups excluding carboxylic acids is 1. The Hall–Kier alpha value is -2.82. The third-order valence-electron chi connectivity index (χ3n) is 5.02. The van der Waals surface area contributed by atoms with Crippen molar-refractivity contribution in [1.29, 1.82) is 0 Å². The van der Waals surface area contributed by atoms with Crippen molar-refractivity contribution in [1.82, 2.24) is 14.9 Å². The molecule has 1 aliphatic heterocycles. The molecule has 0 bridgehead atoms. The number of H-pyrrole nitrogens is 1. The summed E-state index contributed by atoms with van der Waals surface area (Å²) in [5.41, 5.74) is 3.96. The average molecular weight is 348 g/mol. The number of hydrogen-bond acceptors (Lipinski definition) is 3. The average Bonchev–Trinajstić information content (AvgIpc) is 3.12. The van der Waals surface area contributed by atoms with Crippen molar-refractivity contribution in [2.24, 2.45) is 0 Å². The van der Waals surface area contributed by atoms with E-state index in [9.17, 15) is 4.79 Å². The van der Waals surface area contributed by atoms with E-state index in [1.807, 2.05) is 23.1 Å². The van der Waals surface area contributed by atoms with Crippen molar-refractivity contribution in [2.75, 3.05) is 25.0 Å². The Bertz CT molecular complexity index is 878. The van der Waals surface area contributed by atoms with Crippen LogP contribution in [0.4, 0.5) is 5.69 Å². The predicted octanol–water partition coefficient (Wildman–Crippen LogP) is 3.84. The van der Waals surface area contributed by atoms with Gasteiger partial charge in [0.25, 0.3) is 5.91 Å². The van der Waals surface area contributed by atoms with Gasteiger partial charge in [-0.3, -0.25) is 4.79 Å². The van der Waals surface area contributed by atoms with Gasteiger partial charge in [0.1, 0.15) is 5.69 Å². The zero-order valence-corrected chi connectivity index (χ0v) is 14.9. The molecular formula is C21H24N4O. The van der Waals surface area contributed by atoms with Crippen LogP contribution in [-0.2, 0) is 6.42 Å². The molecule has 1 aromatic carbocycles. The van der Waals surface area contributed by atoms with Gasteiger partial charge in [-0.1, -0.05) is 18.2 Å². The van der Waals surface area contributed by atoms with Crippen LogP contribution in [0, 0.1) is 0 Å². The number of aromatic nitrogens is 2. The standard InChI is InChI=1S/C21H24N4O/c26-21(25-12-4-1-5-13-25)20-9-8-17(15-24-20)22-11-10-16-14-23-19-7-3-2-6-18(16)19/h2-3,6-9,14-15,22-23H,1,4-5,10-13H2. The fraction of sp³-hybridized carbons (Fsp3) is 0.333. The summed E-state index contributed by atoms with van der Waals surface area (Å²) in [4.78, 5) is 22.0. The van der Waals surface area contributed by atoms with Gasteiger partial charge in [0.2, 0.25) is 0 Å². The van der Waals surface area contributed by atoms with E-state index in [0.29, 0.717) is 5.69 Å². The van der Waals surface area contributed by atoms with Gasteiger partial charge in [-0.2, -0.15) is 0 Å². The zero-order chi connectivity index (χ0) is 17.8. The number of nitrogens with zero attached hydrogens (tertiary/aromatic N) is 2. The van der Waals surface area contributed by atoms with E-state index >= 15 is 0 Å². The molecule has 0 aliphatic carbocycles. The van der Waals surface area contributed by atoms with Gasteiger partial charge in [-0.15, -0.1) is 0 Å². The Balaban J connectivity index is 1.33. The summed E-state index contributed by atoms with van der Waals surface area (Å²) < 4.78 is 0. The second-order valence-corrected chi connectivity index (χ2v) is 6.82. The van der Waals surface area contributed by atoms with E-state index in [1.165, 1.54) is 22.9 Å². The third kappa shape index (κ3) is 3.57. The largest absolute Gasteiger partial charge is 0.383 e. The number of rotatable bonds is 5. The number of anilines is 1. The van der Waals surface area contributed by atoms with Crippen molar-refractivity contribution in [3.05, 3.63) is 60.0 Å². The molecular weight excluding hydrogens is 324 g/mol. The Labute approximate surface area is 153 Å². The van der Waals surface area contributed by atoms with E-state index < -0.39 is 0 Å². The van der Waals surface area contributed by atoms with Crippen LogP contribution in [0.15, 0.2) is 48.8 Å². The van der Waals surface area contributed by atoms with Gasteiger partial charge in [-0.25, -0.2) is 4.98 Å². The fourth-order valence-electron chi connectivity index (χ4n) is 3.56. The summed E-state index contributed by atoms with van der Waals surface area (Å²) in [5, 5.41) is 4.67. The van der Waals surface area contributed by atoms with Crippen LogP contribution in [0.5, 0.6) is 0 Å². The summed E-state index contributed by atoms with van der Waals surface area (Å²) in [7, 11) is 0. The van der Waals surface area contributed by atoms with Gasteiger partial charge in [0.05, 0.1) is 11.9 Å². The second kappa shape index (κ2) is 7.60. The number of amides is 1. The van der Waals surface area contributed by atoms with Crippen LogP contribution in [0.1, 0.15) is 35.3 Å². The molecule has 0 saturated carbocycles.